The maximum Gasteiger partial charge on any atom is 0.258 e. The van der Waals surface area contributed by atoms with Crippen molar-refractivity contribution in [3.63, 3.8) is 0 Å². The van der Waals surface area contributed by atoms with Crippen molar-refractivity contribution in [2.24, 2.45) is 0 Å². The van der Waals surface area contributed by atoms with Crippen LogP contribution in [0.4, 0.5) is 16.0 Å². The van der Waals surface area contributed by atoms with Gasteiger partial charge in [0.1, 0.15) is 23.7 Å². The second-order valence-corrected chi connectivity index (χ2v) is 8.24. The standard InChI is InChI=1S/C27H24FN5O3/c1-35-22-7-4-18(5-8-22)17-36-26-23(25(34)30-15-19-3-2-11-29-14-19)16-31-27(32-26)33-12-10-20-13-21(28)6-9-24(20)33/h2-9,11,13-14,16H,10,12,15,17H2,1H3,(H,30,34). The first-order valence-electron chi connectivity index (χ1n) is 11.5. The molecular formula is C27H24FN5O3. The number of nitrogens with one attached hydrogen (secondary N) is 1. The summed E-state index contributed by atoms with van der Waals surface area (Å²) in [4.78, 5) is 28.1. The Morgan fingerprint density at radius 3 is 2.75 bits per heavy atom. The number of ether oxygens (including phenoxy) is 2. The summed E-state index contributed by atoms with van der Waals surface area (Å²) in [6.07, 6.45) is 5.50. The fraction of sp³-hybridized carbons (Fsp3) is 0.185. The molecule has 36 heavy (non-hydrogen) atoms. The zero-order chi connectivity index (χ0) is 24.9. The molecule has 8 nitrogen and oxygen atoms in total. The van der Waals surface area contributed by atoms with Crippen LogP contribution in [-0.2, 0) is 19.6 Å². The Kier molecular flexibility index (Phi) is 6.70. The molecule has 3 heterocycles. The van der Waals surface area contributed by atoms with E-state index in [1.807, 2.05) is 41.3 Å². The zero-order valence-corrected chi connectivity index (χ0v) is 19.6. The highest BCUT2D eigenvalue weighted by Crippen LogP contribution is 2.34. The van der Waals surface area contributed by atoms with Crippen LogP contribution in [0, 0.1) is 5.82 Å². The fourth-order valence-corrected chi connectivity index (χ4v) is 3.99. The third kappa shape index (κ3) is 5.10. The van der Waals surface area contributed by atoms with Gasteiger partial charge < -0.3 is 19.7 Å². The molecular weight excluding hydrogens is 461 g/mol. The normalized spacial score (nSPS) is 12.2. The Morgan fingerprint density at radius 2 is 1.97 bits per heavy atom. The van der Waals surface area contributed by atoms with Gasteiger partial charge in [-0.15, -0.1) is 0 Å². The van der Waals surface area contributed by atoms with Gasteiger partial charge in [0.2, 0.25) is 11.8 Å². The van der Waals surface area contributed by atoms with E-state index in [0.717, 1.165) is 28.1 Å². The number of carbonyl (C=O) groups excluding carboxylic acids is 1. The molecule has 0 saturated carbocycles. The summed E-state index contributed by atoms with van der Waals surface area (Å²) in [6, 6.07) is 15.8. The Balaban J connectivity index is 1.41. The number of hydrogen-bond acceptors (Lipinski definition) is 7. The molecule has 182 valence electrons. The molecule has 4 aromatic rings. The maximum atomic E-state index is 13.7. The molecule has 0 bridgehead atoms. The van der Waals surface area contributed by atoms with Crippen LogP contribution in [0.25, 0.3) is 0 Å². The first kappa shape index (κ1) is 23.2. The number of halogens is 1. The number of amides is 1. The lowest BCUT2D eigenvalue weighted by Crippen LogP contribution is -2.25. The lowest BCUT2D eigenvalue weighted by Gasteiger charge is -2.19. The molecule has 2 aromatic carbocycles. The molecule has 2 aromatic heterocycles. The third-order valence-electron chi connectivity index (χ3n) is 5.87. The maximum absolute atomic E-state index is 13.7. The molecule has 1 aliphatic heterocycles. The number of carbonyl (C=O) groups is 1. The van der Waals surface area contributed by atoms with E-state index in [-0.39, 0.29) is 29.8 Å². The van der Waals surface area contributed by atoms with E-state index in [1.54, 1.807) is 25.6 Å². The highest BCUT2D eigenvalue weighted by Gasteiger charge is 2.25. The van der Waals surface area contributed by atoms with E-state index in [9.17, 15) is 9.18 Å². The average Bonchev–Trinajstić information content (AvgIpc) is 3.34. The monoisotopic (exact) mass is 485 g/mol. The lowest BCUT2D eigenvalue weighted by atomic mass is 10.2. The Bertz CT molecular complexity index is 1370. The highest BCUT2D eigenvalue weighted by molar-refractivity contribution is 5.96. The molecule has 0 saturated heterocycles. The van der Waals surface area contributed by atoms with Crippen LogP contribution < -0.4 is 19.7 Å². The van der Waals surface area contributed by atoms with Gasteiger partial charge in [-0.2, -0.15) is 4.98 Å². The quantitative estimate of drug-likeness (QED) is 0.400. The Hall–Kier alpha value is -4.53. The van der Waals surface area contributed by atoms with Gasteiger partial charge in [-0.25, -0.2) is 9.37 Å². The van der Waals surface area contributed by atoms with E-state index in [4.69, 9.17) is 9.47 Å². The minimum Gasteiger partial charge on any atom is -0.497 e. The van der Waals surface area contributed by atoms with Crippen LogP contribution in [0.1, 0.15) is 27.0 Å². The van der Waals surface area contributed by atoms with Crippen molar-refractivity contribution in [1.29, 1.82) is 0 Å². The van der Waals surface area contributed by atoms with Gasteiger partial charge in [0.05, 0.1) is 7.11 Å². The van der Waals surface area contributed by atoms with Crippen LogP contribution in [0.15, 0.2) is 73.2 Å². The fourth-order valence-electron chi connectivity index (χ4n) is 3.99. The van der Waals surface area contributed by atoms with Crippen LogP contribution in [0.3, 0.4) is 0 Å². The van der Waals surface area contributed by atoms with Crippen molar-refractivity contribution in [2.45, 2.75) is 19.6 Å². The number of methoxy groups -OCH3 is 1. The summed E-state index contributed by atoms with van der Waals surface area (Å²) in [5, 5.41) is 2.87. The predicted octanol–water partition coefficient (Wildman–Crippen LogP) is 4.22. The molecule has 0 spiro atoms. The molecule has 1 amide bonds. The van der Waals surface area contributed by atoms with Crippen molar-refractivity contribution < 1.29 is 18.7 Å². The number of rotatable bonds is 8. The Labute approximate surface area is 207 Å². The minimum absolute atomic E-state index is 0.162. The summed E-state index contributed by atoms with van der Waals surface area (Å²) in [5.41, 5.74) is 3.70. The third-order valence-corrected chi connectivity index (χ3v) is 5.87. The van der Waals surface area contributed by atoms with Crippen LogP contribution in [0.5, 0.6) is 11.6 Å². The van der Waals surface area contributed by atoms with Gasteiger partial charge in [-0.05, 0) is 59.5 Å². The predicted molar refractivity (Wildman–Crippen MR) is 132 cm³/mol. The number of hydrogen-bond donors (Lipinski definition) is 1. The molecule has 5 rings (SSSR count). The molecule has 9 heteroatoms. The number of benzene rings is 2. The van der Waals surface area contributed by atoms with E-state index < -0.39 is 0 Å². The summed E-state index contributed by atoms with van der Waals surface area (Å²) in [7, 11) is 1.61. The second-order valence-electron chi connectivity index (χ2n) is 8.24. The highest BCUT2D eigenvalue weighted by atomic mass is 19.1. The van der Waals surface area contributed by atoms with Crippen molar-refractivity contribution in [3.8, 4) is 11.6 Å². The first-order chi connectivity index (χ1) is 17.6. The van der Waals surface area contributed by atoms with E-state index in [1.165, 1.54) is 18.3 Å². The summed E-state index contributed by atoms with van der Waals surface area (Å²) in [6.45, 7) is 1.10. The number of aromatic nitrogens is 3. The largest absolute Gasteiger partial charge is 0.497 e. The summed E-state index contributed by atoms with van der Waals surface area (Å²) in [5.74, 6) is 0.645. The van der Waals surface area contributed by atoms with Gasteiger partial charge >= 0.3 is 0 Å². The Morgan fingerprint density at radius 1 is 1.11 bits per heavy atom. The SMILES string of the molecule is COc1ccc(COc2nc(N3CCc4cc(F)ccc43)ncc2C(=O)NCc2cccnc2)cc1. The van der Waals surface area contributed by atoms with Crippen LogP contribution in [0.2, 0.25) is 0 Å². The number of nitrogens with zero attached hydrogens (tertiary/aromatic N) is 4. The van der Waals surface area contributed by atoms with E-state index >= 15 is 0 Å². The van der Waals surface area contributed by atoms with Gasteiger partial charge in [0.15, 0.2) is 0 Å². The molecule has 0 aliphatic carbocycles. The van der Waals surface area contributed by atoms with Crippen molar-refractivity contribution in [2.75, 3.05) is 18.6 Å². The van der Waals surface area contributed by atoms with Crippen molar-refractivity contribution >= 4 is 17.5 Å². The molecule has 0 radical (unpaired) electrons. The van der Waals surface area contributed by atoms with Crippen LogP contribution >= 0.6 is 0 Å². The summed E-state index contributed by atoms with van der Waals surface area (Å²) < 4.78 is 24.9. The number of pyridine rings is 1. The zero-order valence-electron chi connectivity index (χ0n) is 19.6. The van der Waals surface area contributed by atoms with Gasteiger partial charge in [0, 0.05) is 37.4 Å². The van der Waals surface area contributed by atoms with Crippen molar-refractivity contribution in [1.82, 2.24) is 20.3 Å². The van der Waals surface area contributed by atoms with E-state index in [0.29, 0.717) is 25.5 Å². The number of fused-ring (bicyclic) bond motifs is 1. The summed E-state index contributed by atoms with van der Waals surface area (Å²) >= 11 is 0. The van der Waals surface area contributed by atoms with Gasteiger partial charge in [-0.3, -0.25) is 9.78 Å². The molecule has 1 aliphatic rings. The molecule has 0 unspecified atom stereocenters. The average molecular weight is 486 g/mol. The van der Waals surface area contributed by atoms with Crippen LogP contribution in [-0.4, -0.2) is 34.5 Å². The number of anilines is 2. The van der Waals surface area contributed by atoms with Gasteiger partial charge in [-0.1, -0.05) is 18.2 Å². The minimum atomic E-state index is -0.362. The molecule has 0 fully saturated rings. The topological polar surface area (TPSA) is 89.5 Å². The lowest BCUT2D eigenvalue weighted by molar-refractivity contribution is 0.0945. The first-order valence-corrected chi connectivity index (χ1v) is 11.5. The molecule has 1 N–H and O–H groups in total. The smallest absolute Gasteiger partial charge is 0.258 e. The second kappa shape index (κ2) is 10.4. The van der Waals surface area contributed by atoms with E-state index in [2.05, 4.69) is 20.3 Å². The van der Waals surface area contributed by atoms with Gasteiger partial charge in [0.25, 0.3) is 5.91 Å². The van der Waals surface area contributed by atoms with Crippen molar-refractivity contribution in [3.05, 3.63) is 101 Å². The molecule has 0 atom stereocenters.